The average molecular weight is 594 g/mol. The number of hydrogen-bond donors (Lipinski definition) is 1. The van der Waals surface area contributed by atoms with Crippen LogP contribution in [-0.4, -0.2) is 54.1 Å². The predicted octanol–water partition coefficient (Wildman–Crippen LogP) is 6.31. The number of aromatic nitrogens is 6. The summed E-state index contributed by atoms with van der Waals surface area (Å²) in [5, 5.41) is 21.0. The highest BCUT2D eigenvalue weighted by Gasteiger charge is 2.31. The highest BCUT2D eigenvalue weighted by Crippen LogP contribution is 2.38. The van der Waals surface area contributed by atoms with Crippen molar-refractivity contribution in [2.75, 3.05) is 6.61 Å². The first kappa shape index (κ1) is 31.0. The normalized spacial score (nSPS) is 23.6. The summed E-state index contributed by atoms with van der Waals surface area (Å²) in [6, 6.07) is 8.51. The SMILES string of the molecule is CC(C)c1cccc(O[C@H](C)c2nnc([C@H]3CC[C@H](n4cc([C@@H]5CC[C@@H](NC(=O)OC(C)(C)C)CO5)nn4)CC3)n2C)c1. The number of ether oxygens (including phenoxy) is 3. The summed E-state index contributed by atoms with van der Waals surface area (Å²) in [6.07, 6.45) is 6.89. The van der Waals surface area contributed by atoms with Gasteiger partial charge in [0.1, 0.15) is 29.0 Å². The Morgan fingerprint density at radius 3 is 2.49 bits per heavy atom. The van der Waals surface area contributed by atoms with Crippen molar-refractivity contribution in [3.63, 3.8) is 0 Å². The second-order valence-corrected chi connectivity index (χ2v) is 13.3. The van der Waals surface area contributed by atoms with Gasteiger partial charge in [0.05, 0.1) is 24.9 Å². The zero-order valence-corrected chi connectivity index (χ0v) is 26.6. The van der Waals surface area contributed by atoms with E-state index in [-0.39, 0.29) is 18.2 Å². The largest absolute Gasteiger partial charge is 0.483 e. The van der Waals surface area contributed by atoms with Gasteiger partial charge in [-0.25, -0.2) is 9.48 Å². The fourth-order valence-electron chi connectivity index (χ4n) is 6.06. The van der Waals surface area contributed by atoms with Crippen molar-refractivity contribution < 1.29 is 19.0 Å². The first-order valence-electron chi connectivity index (χ1n) is 15.7. The summed E-state index contributed by atoms with van der Waals surface area (Å²) in [6.45, 7) is 12.4. The van der Waals surface area contributed by atoms with E-state index in [9.17, 15) is 4.79 Å². The maximum absolute atomic E-state index is 12.1. The summed E-state index contributed by atoms with van der Waals surface area (Å²) in [5.41, 5.74) is 1.58. The molecule has 2 aromatic heterocycles. The number of benzene rings is 1. The topological polar surface area (TPSA) is 118 Å². The molecule has 43 heavy (non-hydrogen) atoms. The summed E-state index contributed by atoms with van der Waals surface area (Å²) >= 11 is 0. The Labute approximate surface area is 254 Å². The summed E-state index contributed by atoms with van der Waals surface area (Å²) in [4.78, 5) is 12.1. The zero-order chi connectivity index (χ0) is 30.7. The molecule has 1 aliphatic carbocycles. The fraction of sp³-hybridized carbons (Fsp3) is 0.656. The highest BCUT2D eigenvalue weighted by atomic mass is 16.6. The third kappa shape index (κ3) is 7.74. The molecule has 234 valence electrons. The van der Waals surface area contributed by atoms with E-state index in [1.165, 1.54) is 5.56 Å². The molecule has 3 atom stereocenters. The molecule has 1 aromatic carbocycles. The quantitative estimate of drug-likeness (QED) is 0.323. The van der Waals surface area contributed by atoms with Gasteiger partial charge in [0, 0.05) is 13.0 Å². The Morgan fingerprint density at radius 2 is 1.81 bits per heavy atom. The average Bonchev–Trinajstić information content (AvgIpc) is 3.60. The maximum atomic E-state index is 12.1. The molecule has 11 nitrogen and oxygen atoms in total. The standard InChI is InChI=1S/C32H47N7O4/c1-20(2)23-9-8-10-26(17-23)42-21(3)29-35-36-30(38(29)7)22-11-14-25(15-12-22)39-18-27(34-37-39)28-16-13-24(19-41-28)33-31(40)43-32(4,5)6/h8-10,17-18,20-22,24-25,28H,11-16,19H2,1-7H3,(H,33,40)/t21-,22-,24-,25-,28+/m1/s1. The van der Waals surface area contributed by atoms with Crippen molar-refractivity contribution in [3.05, 3.63) is 53.4 Å². The summed E-state index contributed by atoms with van der Waals surface area (Å²) in [7, 11) is 2.04. The number of rotatable bonds is 8. The number of alkyl carbamates (subject to hydrolysis) is 1. The minimum Gasteiger partial charge on any atom is -0.483 e. The van der Waals surface area contributed by atoms with E-state index in [1.807, 2.05) is 57.8 Å². The van der Waals surface area contributed by atoms with Crippen LogP contribution in [0.15, 0.2) is 30.5 Å². The molecule has 1 amide bonds. The maximum Gasteiger partial charge on any atom is 0.407 e. The Hall–Kier alpha value is -3.47. The van der Waals surface area contributed by atoms with Gasteiger partial charge in [-0.15, -0.1) is 15.3 Å². The van der Waals surface area contributed by atoms with E-state index >= 15 is 0 Å². The van der Waals surface area contributed by atoms with Gasteiger partial charge in [0.25, 0.3) is 0 Å². The lowest BCUT2D eigenvalue weighted by atomic mass is 9.85. The lowest BCUT2D eigenvalue weighted by molar-refractivity contribution is -0.0113. The van der Waals surface area contributed by atoms with Gasteiger partial charge in [-0.2, -0.15) is 0 Å². The van der Waals surface area contributed by atoms with E-state index < -0.39 is 11.7 Å². The van der Waals surface area contributed by atoms with Crippen molar-refractivity contribution >= 4 is 6.09 Å². The van der Waals surface area contributed by atoms with Crippen molar-refractivity contribution in [1.82, 2.24) is 35.1 Å². The molecule has 1 N–H and O–H groups in total. The minimum absolute atomic E-state index is 0.0665. The monoisotopic (exact) mass is 593 g/mol. The highest BCUT2D eigenvalue weighted by molar-refractivity contribution is 5.68. The van der Waals surface area contributed by atoms with E-state index in [4.69, 9.17) is 14.2 Å². The van der Waals surface area contributed by atoms with Crippen LogP contribution < -0.4 is 10.1 Å². The molecule has 3 aromatic rings. The van der Waals surface area contributed by atoms with Crippen molar-refractivity contribution in [2.24, 2.45) is 7.05 Å². The van der Waals surface area contributed by atoms with Gasteiger partial charge < -0.3 is 24.1 Å². The second-order valence-electron chi connectivity index (χ2n) is 13.3. The summed E-state index contributed by atoms with van der Waals surface area (Å²) < 4.78 is 21.8. The van der Waals surface area contributed by atoms with Crippen molar-refractivity contribution in [3.8, 4) is 5.75 Å². The van der Waals surface area contributed by atoms with Gasteiger partial charge in [-0.3, -0.25) is 0 Å². The molecule has 2 aliphatic rings. The van der Waals surface area contributed by atoms with E-state index in [2.05, 4.69) is 56.4 Å². The van der Waals surface area contributed by atoms with Crippen LogP contribution in [0.25, 0.3) is 0 Å². The Bertz CT molecular complexity index is 1360. The number of amides is 1. The van der Waals surface area contributed by atoms with Crippen LogP contribution in [0.4, 0.5) is 4.79 Å². The summed E-state index contributed by atoms with van der Waals surface area (Å²) in [5.74, 6) is 3.50. The molecule has 1 aliphatic heterocycles. The first-order valence-corrected chi connectivity index (χ1v) is 15.7. The first-order chi connectivity index (χ1) is 20.5. The van der Waals surface area contributed by atoms with Crippen LogP contribution in [0.5, 0.6) is 5.75 Å². The van der Waals surface area contributed by atoms with Crippen molar-refractivity contribution in [1.29, 1.82) is 0 Å². The number of nitrogens with one attached hydrogen (secondary N) is 1. The lowest BCUT2D eigenvalue weighted by Gasteiger charge is -2.29. The van der Waals surface area contributed by atoms with E-state index in [1.54, 1.807) is 0 Å². The van der Waals surface area contributed by atoms with Crippen LogP contribution in [0.1, 0.15) is 133 Å². The lowest BCUT2D eigenvalue weighted by Crippen LogP contribution is -2.43. The number of carbonyl (C=O) groups excluding carboxylic acids is 1. The van der Waals surface area contributed by atoms with Crippen LogP contribution >= 0.6 is 0 Å². The number of carbonyl (C=O) groups is 1. The molecule has 11 heteroatoms. The van der Waals surface area contributed by atoms with Gasteiger partial charge in [-0.05, 0) is 89.8 Å². The molecule has 2 fully saturated rings. The molecule has 1 saturated heterocycles. The molecular formula is C32H47N7O4. The molecule has 0 unspecified atom stereocenters. The third-order valence-corrected chi connectivity index (χ3v) is 8.43. The Morgan fingerprint density at radius 1 is 1.05 bits per heavy atom. The molecule has 3 heterocycles. The molecule has 5 rings (SSSR count). The van der Waals surface area contributed by atoms with Crippen molar-refractivity contribution in [2.45, 2.75) is 122 Å². The minimum atomic E-state index is -0.523. The fourth-order valence-corrected chi connectivity index (χ4v) is 6.06. The van der Waals surface area contributed by atoms with E-state index in [0.717, 1.165) is 61.6 Å². The van der Waals surface area contributed by atoms with Crippen LogP contribution in [-0.2, 0) is 16.5 Å². The zero-order valence-electron chi connectivity index (χ0n) is 26.6. The predicted molar refractivity (Wildman–Crippen MR) is 162 cm³/mol. The van der Waals surface area contributed by atoms with Gasteiger partial charge in [0.15, 0.2) is 11.9 Å². The van der Waals surface area contributed by atoms with Gasteiger partial charge in [-0.1, -0.05) is 31.2 Å². The molecule has 0 radical (unpaired) electrons. The van der Waals surface area contributed by atoms with Gasteiger partial charge >= 0.3 is 6.09 Å². The van der Waals surface area contributed by atoms with E-state index in [0.29, 0.717) is 24.5 Å². The Kier molecular flexibility index (Phi) is 9.39. The molecule has 0 bridgehead atoms. The molecule has 1 saturated carbocycles. The Balaban J connectivity index is 1.11. The number of nitrogens with zero attached hydrogens (tertiary/aromatic N) is 6. The van der Waals surface area contributed by atoms with Crippen LogP contribution in [0.3, 0.4) is 0 Å². The third-order valence-electron chi connectivity index (χ3n) is 8.43. The second kappa shape index (κ2) is 13.0. The molecular weight excluding hydrogens is 546 g/mol. The van der Waals surface area contributed by atoms with Gasteiger partial charge in [0.2, 0.25) is 0 Å². The smallest absolute Gasteiger partial charge is 0.407 e. The molecule has 0 spiro atoms. The number of hydrogen-bond acceptors (Lipinski definition) is 8. The van der Waals surface area contributed by atoms with Crippen LogP contribution in [0.2, 0.25) is 0 Å². The van der Waals surface area contributed by atoms with Crippen LogP contribution in [0, 0.1) is 0 Å².